The van der Waals surface area contributed by atoms with Gasteiger partial charge in [0.15, 0.2) is 0 Å². The lowest BCUT2D eigenvalue weighted by atomic mass is 9.69. The van der Waals surface area contributed by atoms with Crippen molar-refractivity contribution in [3.63, 3.8) is 0 Å². The Kier molecular flexibility index (Phi) is 8.05. The smallest absolute Gasteiger partial charge is 0.0758 e. The van der Waals surface area contributed by atoms with Gasteiger partial charge in [0.2, 0.25) is 0 Å². The maximum absolute atomic E-state index is 10.2. The zero-order valence-corrected chi connectivity index (χ0v) is 20.9. The molecular formula is C30H54O. The predicted octanol–water partition coefficient (Wildman–Crippen LogP) is 9.14. The van der Waals surface area contributed by atoms with E-state index in [-0.39, 0.29) is 31.8 Å². The molecule has 0 saturated heterocycles. The molecule has 1 heteroatoms. The van der Waals surface area contributed by atoms with E-state index in [9.17, 15) is 5.11 Å². The summed E-state index contributed by atoms with van der Waals surface area (Å²) in [5.41, 5.74) is 7.50. The van der Waals surface area contributed by atoms with Crippen molar-refractivity contribution < 1.29 is 5.11 Å². The van der Waals surface area contributed by atoms with Gasteiger partial charge in [0.25, 0.3) is 0 Å². The molecule has 0 aromatic rings. The summed E-state index contributed by atoms with van der Waals surface area (Å²) >= 11 is 0. The molecule has 4 aliphatic carbocycles. The Labute approximate surface area is 195 Å². The lowest BCUT2D eigenvalue weighted by molar-refractivity contribution is 0.141. The molecule has 1 nitrogen and oxygen atoms in total. The molecule has 3 unspecified atom stereocenters. The third kappa shape index (κ3) is 4.14. The largest absolute Gasteiger partial charge is 0.389 e. The van der Waals surface area contributed by atoms with Crippen LogP contribution in [0, 0.1) is 33.5 Å². The van der Waals surface area contributed by atoms with Crippen molar-refractivity contribution in [3.05, 3.63) is 34.4 Å². The van der Waals surface area contributed by atoms with E-state index in [1.165, 1.54) is 24.8 Å². The Morgan fingerprint density at radius 3 is 1.77 bits per heavy atom. The molecule has 0 aliphatic heterocycles. The highest BCUT2D eigenvalue weighted by Gasteiger charge is 2.52. The van der Waals surface area contributed by atoms with Gasteiger partial charge in [-0.3, -0.25) is 0 Å². The van der Waals surface area contributed by atoms with Crippen LogP contribution in [0.3, 0.4) is 0 Å². The highest BCUT2D eigenvalue weighted by Crippen LogP contribution is 2.61. The fourth-order valence-corrected chi connectivity index (χ4v) is 7.17. The first-order valence-corrected chi connectivity index (χ1v) is 12.0. The van der Waals surface area contributed by atoms with Crippen LogP contribution in [0.1, 0.15) is 116 Å². The lowest BCUT2D eigenvalue weighted by Crippen LogP contribution is -2.30. The van der Waals surface area contributed by atoms with Gasteiger partial charge in [-0.15, -0.1) is 0 Å². The Morgan fingerprint density at radius 2 is 1.26 bits per heavy atom. The quantitative estimate of drug-likeness (QED) is 0.380. The number of hydrogen-bond acceptors (Lipinski definition) is 1. The monoisotopic (exact) mass is 430 g/mol. The van der Waals surface area contributed by atoms with Gasteiger partial charge in [-0.1, -0.05) is 107 Å². The summed E-state index contributed by atoms with van der Waals surface area (Å²) in [5.74, 6) is 1.38. The maximum atomic E-state index is 10.2. The van der Waals surface area contributed by atoms with E-state index in [4.69, 9.17) is 0 Å². The van der Waals surface area contributed by atoms with Crippen LogP contribution in [0.25, 0.3) is 0 Å². The van der Waals surface area contributed by atoms with Crippen LogP contribution in [0.15, 0.2) is 34.4 Å². The van der Waals surface area contributed by atoms with Gasteiger partial charge in [-0.25, -0.2) is 0 Å². The predicted molar refractivity (Wildman–Crippen MR) is 139 cm³/mol. The second-order valence-electron chi connectivity index (χ2n) is 12.5. The molecule has 4 aliphatic rings. The molecule has 3 atom stereocenters. The van der Waals surface area contributed by atoms with Crippen molar-refractivity contribution in [2.24, 2.45) is 33.5 Å². The van der Waals surface area contributed by atoms with Crippen LogP contribution in [0.2, 0.25) is 0 Å². The SMILES string of the molecule is C.C.CC1C(C)(C)C2=C(C(O)CCC2)C1(C)C.CC1C(C)(C)C2=C(CCC=C2)C1(C)C. The van der Waals surface area contributed by atoms with E-state index in [0.29, 0.717) is 16.7 Å². The Hall–Kier alpha value is -0.820. The molecule has 180 valence electrons. The van der Waals surface area contributed by atoms with Gasteiger partial charge in [0.05, 0.1) is 6.10 Å². The molecule has 1 N–H and O–H groups in total. The van der Waals surface area contributed by atoms with E-state index in [2.05, 4.69) is 81.4 Å². The van der Waals surface area contributed by atoms with Crippen LogP contribution in [-0.4, -0.2) is 11.2 Å². The van der Waals surface area contributed by atoms with Gasteiger partial charge >= 0.3 is 0 Å². The minimum atomic E-state index is -0.173. The van der Waals surface area contributed by atoms with Gasteiger partial charge in [0, 0.05) is 0 Å². The van der Waals surface area contributed by atoms with Crippen LogP contribution < -0.4 is 0 Å². The zero-order chi connectivity index (χ0) is 22.0. The number of rotatable bonds is 0. The summed E-state index contributed by atoms with van der Waals surface area (Å²) in [6.07, 6.45) is 10.4. The third-order valence-electron chi connectivity index (χ3n) is 10.0. The molecule has 31 heavy (non-hydrogen) atoms. The molecule has 0 spiro atoms. The Balaban J connectivity index is 0.000000292. The molecule has 4 rings (SSSR count). The summed E-state index contributed by atoms with van der Waals surface area (Å²) in [7, 11) is 0. The second-order valence-corrected chi connectivity index (χ2v) is 12.5. The Morgan fingerprint density at radius 1 is 0.742 bits per heavy atom. The molecule has 0 aromatic heterocycles. The molecule has 0 bridgehead atoms. The van der Waals surface area contributed by atoms with Gasteiger partial charge < -0.3 is 5.11 Å². The topological polar surface area (TPSA) is 20.2 Å². The van der Waals surface area contributed by atoms with Crippen molar-refractivity contribution in [2.45, 2.75) is 122 Å². The van der Waals surface area contributed by atoms with Crippen LogP contribution in [-0.2, 0) is 0 Å². The molecule has 0 aromatic carbocycles. The minimum Gasteiger partial charge on any atom is -0.389 e. The van der Waals surface area contributed by atoms with Crippen molar-refractivity contribution in [3.8, 4) is 0 Å². The fraction of sp³-hybridized carbons (Fsp3) is 0.800. The average molecular weight is 431 g/mol. The molecule has 0 radical (unpaired) electrons. The fourth-order valence-electron chi connectivity index (χ4n) is 7.17. The van der Waals surface area contributed by atoms with Crippen LogP contribution in [0.4, 0.5) is 0 Å². The third-order valence-corrected chi connectivity index (χ3v) is 10.0. The molecule has 0 saturated carbocycles. The van der Waals surface area contributed by atoms with E-state index in [1.54, 1.807) is 16.7 Å². The summed E-state index contributed by atoms with van der Waals surface area (Å²) in [4.78, 5) is 0. The molecule has 0 amide bonds. The van der Waals surface area contributed by atoms with E-state index in [0.717, 1.165) is 18.8 Å². The van der Waals surface area contributed by atoms with Gasteiger partial charge in [-0.05, 0) is 76.7 Å². The number of aliphatic hydroxyl groups is 1. The number of allylic oxidation sites excluding steroid dienone is 5. The number of hydrogen-bond donors (Lipinski definition) is 1. The first-order chi connectivity index (χ1) is 13.2. The average Bonchev–Trinajstić information content (AvgIpc) is 2.88. The normalized spacial score (nSPS) is 33.5. The number of aliphatic hydroxyl groups excluding tert-OH is 1. The summed E-state index contributed by atoms with van der Waals surface area (Å²) in [6, 6.07) is 0. The van der Waals surface area contributed by atoms with E-state index >= 15 is 0 Å². The standard InChI is InChI=1S/C14H24O.C14H22.2CH4/c1-9-13(2,3)10-7-6-8-11(15)12(10)14(9,4)5;1-10-13(2,3)11-8-6-7-9-12(11)14(10,4)5;;/h9,11,15H,6-8H2,1-5H3;6,8,10H,7,9H2,1-5H3;2*1H4. The molecule has 0 fully saturated rings. The molecule has 0 heterocycles. The minimum absolute atomic E-state index is 0. The second kappa shape index (κ2) is 8.85. The lowest BCUT2D eigenvalue weighted by Gasteiger charge is -2.35. The summed E-state index contributed by atoms with van der Waals surface area (Å²) in [6.45, 7) is 23.7. The first kappa shape index (κ1) is 28.2. The van der Waals surface area contributed by atoms with E-state index < -0.39 is 0 Å². The van der Waals surface area contributed by atoms with Crippen molar-refractivity contribution >= 4 is 0 Å². The van der Waals surface area contributed by atoms with Crippen molar-refractivity contribution in [1.29, 1.82) is 0 Å². The van der Waals surface area contributed by atoms with E-state index in [1.807, 2.05) is 0 Å². The summed E-state index contributed by atoms with van der Waals surface area (Å²) in [5, 5.41) is 10.2. The van der Waals surface area contributed by atoms with Crippen LogP contribution in [0.5, 0.6) is 0 Å². The maximum Gasteiger partial charge on any atom is 0.0758 e. The first-order valence-electron chi connectivity index (χ1n) is 12.0. The molecular weight excluding hydrogens is 376 g/mol. The highest BCUT2D eigenvalue weighted by atomic mass is 16.3. The van der Waals surface area contributed by atoms with Crippen molar-refractivity contribution in [1.82, 2.24) is 0 Å². The van der Waals surface area contributed by atoms with Crippen molar-refractivity contribution in [2.75, 3.05) is 0 Å². The highest BCUT2D eigenvalue weighted by molar-refractivity contribution is 5.44. The van der Waals surface area contributed by atoms with Gasteiger partial charge in [-0.2, -0.15) is 0 Å². The summed E-state index contributed by atoms with van der Waals surface area (Å²) < 4.78 is 0. The van der Waals surface area contributed by atoms with Crippen LogP contribution >= 0.6 is 0 Å². The van der Waals surface area contributed by atoms with Gasteiger partial charge in [0.1, 0.15) is 0 Å². The Bertz CT molecular complexity index is 753. The zero-order valence-electron chi connectivity index (χ0n) is 20.9.